The first-order valence-electron chi connectivity index (χ1n) is 10.7. The Labute approximate surface area is 198 Å². The Morgan fingerprint density at radius 1 is 1.03 bits per heavy atom. The van der Waals surface area contributed by atoms with E-state index in [0.29, 0.717) is 11.8 Å². The second-order valence-electron chi connectivity index (χ2n) is 9.88. The lowest BCUT2D eigenvalue weighted by Gasteiger charge is -2.21. The van der Waals surface area contributed by atoms with E-state index < -0.39 is 53.4 Å². The van der Waals surface area contributed by atoms with Gasteiger partial charge >= 0.3 is 12.4 Å². The molecule has 0 aliphatic heterocycles. The zero-order chi connectivity index (χ0) is 27.0. The highest BCUT2D eigenvalue weighted by Crippen LogP contribution is 2.33. The second kappa shape index (κ2) is 9.71. The summed E-state index contributed by atoms with van der Waals surface area (Å²) in [5.41, 5.74) is -3.11. The fourth-order valence-electron chi connectivity index (χ4n) is 3.28. The molecule has 12 heteroatoms. The first-order chi connectivity index (χ1) is 15.7. The Bertz CT molecular complexity index is 1130. The lowest BCUT2D eigenvalue weighted by atomic mass is 9.92. The predicted molar refractivity (Wildman–Crippen MR) is 116 cm³/mol. The highest BCUT2D eigenvalue weighted by molar-refractivity contribution is 5.97. The van der Waals surface area contributed by atoms with Crippen molar-refractivity contribution in [3.05, 3.63) is 46.6 Å². The van der Waals surface area contributed by atoms with Crippen LogP contribution in [0.25, 0.3) is 0 Å². The second-order valence-corrected chi connectivity index (χ2v) is 9.88. The van der Waals surface area contributed by atoms with Gasteiger partial charge in [-0.3, -0.25) is 14.2 Å². The van der Waals surface area contributed by atoms with E-state index in [2.05, 4.69) is 4.99 Å². The van der Waals surface area contributed by atoms with Crippen LogP contribution in [0.3, 0.4) is 0 Å². The Hall–Kier alpha value is -2.76. The molecule has 0 saturated heterocycles. The van der Waals surface area contributed by atoms with Crippen LogP contribution >= 0.6 is 0 Å². The molecular formula is C23H29F6N3O3. The average molecular weight is 509 g/mol. The number of amides is 1. The van der Waals surface area contributed by atoms with Crippen molar-refractivity contribution in [1.82, 2.24) is 9.36 Å². The number of aromatic nitrogens is 2. The molecule has 1 amide bonds. The molecule has 6 nitrogen and oxygen atoms in total. The number of aliphatic hydroxyl groups is 1. The van der Waals surface area contributed by atoms with Crippen LogP contribution < -0.4 is 10.2 Å². The molecular weight excluding hydrogens is 480 g/mol. The Kier molecular flexibility index (Phi) is 7.90. The van der Waals surface area contributed by atoms with Crippen molar-refractivity contribution in [2.24, 2.45) is 12.0 Å². The first kappa shape index (κ1) is 28.5. The normalized spacial score (nSPS) is 13.9. The summed E-state index contributed by atoms with van der Waals surface area (Å²) in [6.07, 6.45) is -10.4. The van der Waals surface area contributed by atoms with E-state index in [1.54, 1.807) is 0 Å². The van der Waals surface area contributed by atoms with Crippen LogP contribution in [0.4, 0.5) is 26.3 Å². The molecule has 35 heavy (non-hydrogen) atoms. The SMILES string of the molecule is Cn1c(C(C)(C)C)c/c(=N\C(=O)c2cc(C(F)(F)F)ccc2OCC(C)(C)O)n1CCC(F)(F)F. The lowest BCUT2D eigenvalue weighted by molar-refractivity contribution is -0.138. The Balaban J connectivity index is 2.66. The monoisotopic (exact) mass is 509 g/mol. The van der Waals surface area contributed by atoms with E-state index in [1.807, 2.05) is 20.8 Å². The maximum Gasteiger partial charge on any atom is 0.416 e. The third kappa shape index (κ3) is 7.87. The standard InChI is InChI=1S/C23H29F6N3O3/c1-20(2,3)17-12-18(32(31(17)6)10-9-22(24,25)26)30-19(33)15-11-14(23(27,28)29)7-8-16(15)35-13-21(4,5)34/h7-8,11-12,34H,9-10,13H2,1-6H3/b30-18+. The third-order valence-electron chi connectivity index (χ3n) is 4.95. The molecule has 0 spiro atoms. The number of carbonyl (C=O) groups is 1. The van der Waals surface area contributed by atoms with Crippen LogP contribution in [0, 0.1) is 0 Å². The fourth-order valence-corrected chi connectivity index (χ4v) is 3.28. The molecule has 0 bridgehead atoms. The number of rotatable bonds is 6. The van der Waals surface area contributed by atoms with Crippen LogP contribution in [0.1, 0.15) is 62.7 Å². The van der Waals surface area contributed by atoms with Gasteiger partial charge in [0.05, 0.1) is 23.1 Å². The van der Waals surface area contributed by atoms with Crippen LogP contribution in [0.2, 0.25) is 0 Å². The van der Waals surface area contributed by atoms with Crippen LogP contribution in [0.5, 0.6) is 5.75 Å². The summed E-state index contributed by atoms with van der Waals surface area (Å²) in [7, 11) is 1.52. The van der Waals surface area contributed by atoms with Gasteiger partial charge in [0, 0.05) is 30.8 Å². The van der Waals surface area contributed by atoms with Crippen molar-refractivity contribution < 1.29 is 41.0 Å². The molecule has 2 rings (SSSR count). The molecule has 196 valence electrons. The summed E-state index contributed by atoms with van der Waals surface area (Å²) >= 11 is 0. The molecule has 0 radical (unpaired) electrons. The van der Waals surface area contributed by atoms with Gasteiger partial charge in [0.1, 0.15) is 12.4 Å². The number of hydrogen-bond donors (Lipinski definition) is 1. The number of nitrogens with zero attached hydrogens (tertiary/aromatic N) is 3. The summed E-state index contributed by atoms with van der Waals surface area (Å²) in [6, 6.07) is 3.67. The number of benzene rings is 1. The van der Waals surface area contributed by atoms with Crippen LogP contribution in [-0.4, -0.2) is 38.8 Å². The molecule has 0 saturated carbocycles. The van der Waals surface area contributed by atoms with Gasteiger partial charge in [-0.05, 0) is 32.0 Å². The summed E-state index contributed by atoms with van der Waals surface area (Å²) in [6.45, 7) is 7.39. The average Bonchev–Trinajstić information content (AvgIpc) is 2.98. The Morgan fingerprint density at radius 2 is 1.63 bits per heavy atom. The zero-order valence-electron chi connectivity index (χ0n) is 20.3. The Morgan fingerprint density at radius 3 is 2.11 bits per heavy atom. The highest BCUT2D eigenvalue weighted by Gasteiger charge is 2.33. The maximum atomic E-state index is 13.3. The molecule has 0 fully saturated rings. The van der Waals surface area contributed by atoms with Gasteiger partial charge in [-0.2, -0.15) is 31.3 Å². The minimum absolute atomic E-state index is 0.141. The van der Waals surface area contributed by atoms with Crippen molar-refractivity contribution in [2.75, 3.05) is 6.61 Å². The summed E-state index contributed by atoms with van der Waals surface area (Å²) < 4.78 is 86.5. The molecule has 0 unspecified atom stereocenters. The molecule has 0 atom stereocenters. The van der Waals surface area contributed by atoms with Crippen LogP contribution in [0.15, 0.2) is 29.3 Å². The minimum atomic E-state index is -4.76. The minimum Gasteiger partial charge on any atom is -0.490 e. The number of carbonyl (C=O) groups excluding carboxylic acids is 1. The molecule has 0 aliphatic rings. The summed E-state index contributed by atoms with van der Waals surface area (Å²) in [4.78, 5) is 16.9. The van der Waals surface area contributed by atoms with Crippen molar-refractivity contribution in [3.63, 3.8) is 0 Å². The van der Waals surface area contributed by atoms with Gasteiger partial charge in [-0.15, -0.1) is 0 Å². The number of hydrogen-bond acceptors (Lipinski definition) is 3. The molecule has 0 aliphatic carbocycles. The van der Waals surface area contributed by atoms with Gasteiger partial charge in [-0.1, -0.05) is 20.8 Å². The van der Waals surface area contributed by atoms with E-state index in [9.17, 15) is 36.2 Å². The molecule has 1 heterocycles. The van der Waals surface area contributed by atoms with Crippen molar-refractivity contribution in [3.8, 4) is 5.75 Å². The predicted octanol–water partition coefficient (Wildman–Crippen LogP) is 4.99. The quantitative estimate of drug-likeness (QED) is 0.559. The zero-order valence-corrected chi connectivity index (χ0v) is 20.3. The van der Waals surface area contributed by atoms with Crippen molar-refractivity contribution >= 4 is 5.91 Å². The van der Waals surface area contributed by atoms with Gasteiger partial charge in [0.15, 0.2) is 5.49 Å². The van der Waals surface area contributed by atoms with Gasteiger partial charge in [0.2, 0.25) is 0 Å². The number of halogens is 6. The van der Waals surface area contributed by atoms with Crippen LogP contribution in [-0.2, 0) is 25.2 Å². The van der Waals surface area contributed by atoms with Crippen molar-refractivity contribution in [2.45, 2.75) is 71.0 Å². The van der Waals surface area contributed by atoms with E-state index in [1.165, 1.54) is 31.6 Å². The largest absolute Gasteiger partial charge is 0.490 e. The first-order valence-corrected chi connectivity index (χ1v) is 10.7. The van der Waals surface area contributed by atoms with Crippen molar-refractivity contribution in [1.29, 1.82) is 0 Å². The number of alkyl halides is 6. The topological polar surface area (TPSA) is 68.8 Å². The third-order valence-corrected chi connectivity index (χ3v) is 4.95. The molecule has 1 aromatic carbocycles. The summed E-state index contributed by atoms with van der Waals surface area (Å²) in [5, 5.41) is 9.89. The smallest absolute Gasteiger partial charge is 0.416 e. The van der Waals surface area contributed by atoms with E-state index in [4.69, 9.17) is 4.74 Å². The van der Waals surface area contributed by atoms with Gasteiger partial charge in [0.25, 0.3) is 5.91 Å². The lowest BCUT2D eigenvalue weighted by Crippen LogP contribution is -2.29. The van der Waals surface area contributed by atoms with E-state index in [0.717, 1.165) is 16.8 Å². The van der Waals surface area contributed by atoms with E-state index in [-0.39, 0.29) is 17.8 Å². The molecule has 1 N–H and O–H groups in total. The molecule has 2 aromatic rings. The van der Waals surface area contributed by atoms with Gasteiger partial charge in [-0.25, -0.2) is 0 Å². The van der Waals surface area contributed by atoms with Gasteiger partial charge < -0.3 is 9.84 Å². The highest BCUT2D eigenvalue weighted by atomic mass is 19.4. The number of ether oxygens (including phenoxy) is 1. The fraction of sp³-hybridized carbons (Fsp3) is 0.565. The molecule has 1 aromatic heterocycles. The summed E-state index contributed by atoms with van der Waals surface area (Å²) in [5.74, 6) is -1.38. The maximum absolute atomic E-state index is 13.3. The van der Waals surface area contributed by atoms with E-state index >= 15 is 0 Å².